The van der Waals surface area contributed by atoms with Gasteiger partial charge in [-0.3, -0.25) is 4.79 Å². The van der Waals surface area contributed by atoms with Crippen molar-refractivity contribution >= 4 is 21.6 Å². The fourth-order valence-corrected chi connectivity index (χ4v) is 4.36. The molecule has 1 amide bonds. The largest absolute Gasteiger partial charge is 0.370 e. The third-order valence-corrected chi connectivity index (χ3v) is 6.00. The van der Waals surface area contributed by atoms with E-state index >= 15 is 0 Å². The lowest BCUT2D eigenvalue weighted by molar-refractivity contribution is 0.0952. The molecule has 6 nitrogen and oxygen atoms in total. The zero-order valence-corrected chi connectivity index (χ0v) is 16.9. The SMILES string of the molecule is CCCNS(=O)(=O)c1cc(C(=O)NCCC(C)C)ccc1N1CCCC1. The molecule has 26 heavy (non-hydrogen) atoms. The van der Waals surface area contributed by atoms with Gasteiger partial charge in [-0.05, 0) is 49.8 Å². The van der Waals surface area contributed by atoms with E-state index < -0.39 is 10.0 Å². The van der Waals surface area contributed by atoms with Crippen LogP contribution in [-0.4, -0.2) is 40.5 Å². The van der Waals surface area contributed by atoms with Crippen LogP contribution in [0, 0.1) is 5.92 Å². The molecule has 0 bridgehead atoms. The molecule has 0 radical (unpaired) electrons. The first-order valence-corrected chi connectivity index (χ1v) is 11.0. The van der Waals surface area contributed by atoms with Crippen LogP contribution in [0.3, 0.4) is 0 Å². The smallest absolute Gasteiger partial charge is 0.251 e. The highest BCUT2D eigenvalue weighted by atomic mass is 32.2. The van der Waals surface area contributed by atoms with Gasteiger partial charge in [-0.15, -0.1) is 0 Å². The molecule has 7 heteroatoms. The summed E-state index contributed by atoms with van der Waals surface area (Å²) >= 11 is 0. The average Bonchev–Trinajstić information content (AvgIpc) is 3.13. The van der Waals surface area contributed by atoms with Crippen molar-refractivity contribution in [1.29, 1.82) is 0 Å². The fourth-order valence-electron chi connectivity index (χ4n) is 2.98. The molecule has 1 aliphatic heterocycles. The zero-order valence-electron chi connectivity index (χ0n) is 16.0. The number of hydrogen-bond donors (Lipinski definition) is 2. The van der Waals surface area contributed by atoms with E-state index in [1.165, 1.54) is 6.07 Å². The van der Waals surface area contributed by atoms with Crippen LogP contribution in [0.25, 0.3) is 0 Å². The van der Waals surface area contributed by atoms with Gasteiger partial charge in [0.25, 0.3) is 5.91 Å². The maximum atomic E-state index is 12.8. The number of benzene rings is 1. The van der Waals surface area contributed by atoms with Gasteiger partial charge in [0.1, 0.15) is 4.90 Å². The first kappa shape index (κ1) is 20.7. The van der Waals surface area contributed by atoms with E-state index in [-0.39, 0.29) is 10.8 Å². The Labute approximate surface area is 157 Å². The molecule has 2 N–H and O–H groups in total. The second-order valence-corrected chi connectivity index (χ2v) is 8.95. The van der Waals surface area contributed by atoms with E-state index in [1.54, 1.807) is 12.1 Å². The van der Waals surface area contributed by atoms with Crippen molar-refractivity contribution in [2.75, 3.05) is 31.1 Å². The minimum absolute atomic E-state index is 0.198. The minimum atomic E-state index is -3.65. The molecule has 0 atom stereocenters. The Bertz CT molecular complexity index is 711. The van der Waals surface area contributed by atoms with E-state index in [0.717, 1.165) is 32.4 Å². The van der Waals surface area contributed by atoms with E-state index in [1.807, 2.05) is 6.92 Å². The summed E-state index contributed by atoms with van der Waals surface area (Å²) < 4.78 is 28.2. The van der Waals surface area contributed by atoms with Crippen molar-refractivity contribution < 1.29 is 13.2 Å². The van der Waals surface area contributed by atoms with Gasteiger partial charge < -0.3 is 10.2 Å². The molecule has 1 aromatic rings. The van der Waals surface area contributed by atoms with E-state index in [2.05, 4.69) is 28.8 Å². The summed E-state index contributed by atoms with van der Waals surface area (Å²) in [6.45, 7) is 8.77. The average molecular weight is 382 g/mol. The van der Waals surface area contributed by atoms with Crippen molar-refractivity contribution in [1.82, 2.24) is 10.0 Å². The molecule has 1 aliphatic rings. The summed E-state index contributed by atoms with van der Waals surface area (Å²) in [4.78, 5) is 14.7. The van der Waals surface area contributed by atoms with Gasteiger partial charge in [0.05, 0.1) is 5.69 Å². The maximum absolute atomic E-state index is 12.8. The quantitative estimate of drug-likeness (QED) is 0.689. The molecule has 0 saturated carbocycles. The highest BCUT2D eigenvalue weighted by molar-refractivity contribution is 7.89. The predicted molar refractivity (Wildman–Crippen MR) is 105 cm³/mol. The summed E-state index contributed by atoms with van der Waals surface area (Å²) in [7, 11) is -3.65. The summed E-state index contributed by atoms with van der Waals surface area (Å²) in [6.07, 6.45) is 3.72. The minimum Gasteiger partial charge on any atom is -0.370 e. The van der Waals surface area contributed by atoms with Crippen molar-refractivity contribution in [2.24, 2.45) is 5.92 Å². The Balaban J connectivity index is 2.29. The lowest BCUT2D eigenvalue weighted by atomic mass is 10.1. The molecule has 146 valence electrons. The topological polar surface area (TPSA) is 78.5 Å². The van der Waals surface area contributed by atoms with Crippen molar-refractivity contribution in [3.63, 3.8) is 0 Å². The van der Waals surface area contributed by atoms with Gasteiger partial charge in [-0.25, -0.2) is 13.1 Å². The number of hydrogen-bond acceptors (Lipinski definition) is 4. The lowest BCUT2D eigenvalue weighted by Gasteiger charge is -2.22. The van der Waals surface area contributed by atoms with E-state index in [0.29, 0.717) is 36.7 Å². The molecule has 0 unspecified atom stereocenters. The molecular weight excluding hydrogens is 350 g/mol. The Hall–Kier alpha value is -1.60. The van der Waals surface area contributed by atoms with Crippen LogP contribution < -0.4 is 14.9 Å². The standard InChI is InChI=1S/C19H31N3O3S/c1-4-10-21-26(24,25)18-14-16(19(23)20-11-9-15(2)3)7-8-17(18)22-12-5-6-13-22/h7-8,14-15,21H,4-6,9-13H2,1-3H3,(H,20,23). The van der Waals surface area contributed by atoms with Crippen LogP contribution in [0.4, 0.5) is 5.69 Å². The molecule has 0 spiro atoms. The number of nitrogens with zero attached hydrogens (tertiary/aromatic N) is 1. The molecule has 1 aromatic carbocycles. The molecule has 1 heterocycles. The van der Waals surface area contributed by atoms with Gasteiger partial charge in [0.15, 0.2) is 0 Å². The third-order valence-electron chi connectivity index (χ3n) is 4.51. The second kappa shape index (κ2) is 9.37. The maximum Gasteiger partial charge on any atom is 0.251 e. The summed E-state index contributed by atoms with van der Waals surface area (Å²) in [5, 5.41) is 2.87. The summed E-state index contributed by atoms with van der Waals surface area (Å²) in [5.74, 6) is 0.271. The van der Waals surface area contributed by atoms with Gasteiger partial charge in [-0.1, -0.05) is 20.8 Å². The molecule has 1 saturated heterocycles. The number of anilines is 1. The Morgan fingerprint density at radius 3 is 2.50 bits per heavy atom. The molecule has 1 fully saturated rings. The van der Waals surface area contributed by atoms with Crippen LogP contribution in [0.2, 0.25) is 0 Å². The Morgan fingerprint density at radius 1 is 1.19 bits per heavy atom. The number of carbonyl (C=O) groups excluding carboxylic acids is 1. The van der Waals surface area contributed by atoms with Crippen molar-refractivity contribution in [2.45, 2.75) is 51.3 Å². The normalized spacial score (nSPS) is 14.8. The van der Waals surface area contributed by atoms with Crippen LogP contribution >= 0.6 is 0 Å². The fraction of sp³-hybridized carbons (Fsp3) is 0.632. The Kier molecular flexibility index (Phi) is 7.46. The summed E-state index contributed by atoms with van der Waals surface area (Å²) in [5.41, 5.74) is 1.07. The van der Waals surface area contributed by atoms with Gasteiger partial charge >= 0.3 is 0 Å². The predicted octanol–water partition coefficient (Wildman–Crippen LogP) is 2.75. The first-order valence-electron chi connectivity index (χ1n) is 9.52. The van der Waals surface area contributed by atoms with E-state index in [4.69, 9.17) is 0 Å². The van der Waals surface area contributed by atoms with Crippen molar-refractivity contribution in [3.05, 3.63) is 23.8 Å². The lowest BCUT2D eigenvalue weighted by Crippen LogP contribution is -2.29. The molecular formula is C19H31N3O3S. The highest BCUT2D eigenvalue weighted by Crippen LogP contribution is 2.29. The van der Waals surface area contributed by atoms with Gasteiger partial charge in [0.2, 0.25) is 10.0 Å². The number of carbonyl (C=O) groups is 1. The zero-order chi connectivity index (χ0) is 19.2. The van der Waals surface area contributed by atoms with Crippen molar-refractivity contribution in [3.8, 4) is 0 Å². The summed E-state index contributed by atoms with van der Waals surface area (Å²) in [6, 6.07) is 5.00. The number of amides is 1. The number of sulfonamides is 1. The van der Waals surface area contributed by atoms with Crippen LogP contribution in [0.1, 0.15) is 56.8 Å². The molecule has 0 aliphatic carbocycles. The number of rotatable bonds is 9. The van der Waals surface area contributed by atoms with Crippen LogP contribution in [0.5, 0.6) is 0 Å². The van der Waals surface area contributed by atoms with E-state index in [9.17, 15) is 13.2 Å². The highest BCUT2D eigenvalue weighted by Gasteiger charge is 2.25. The van der Waals surface area contributed by atoms with Gasteiger partial charge in [-0.2, -0.15) is 0 Å². The Morgan fingerprint density at radius 2 is 1.88 bits per heavy atom. The van der Waals surface area contributed by atoms with Crippen LogP contribution in [-0.2, 0) is 10.0 Å². The van der Waals surface area contributed by atoms with Gasteiger partial charge in [0, 0.05) is 31.7 Å². The first-order chi connectivity index (χ1) is 12.3. The molecule has 2 rings (SSSR count). The number of nitrogens with one attached hydrogen (secondary N) is 2. The second-order valence-electron chi connectivity index (χ2n) is 7.21. The molecule has 0 aromatic heterocycles. The monoisotopic (exact) mass is 381 g/mol. The third kappa shape index (κ3) is 5.45. The van der Waals surface area contributed by atoms with Crippen LogP contribution in [0.15, 0.2) is 23.1 Å².